The number of carboxylic acids is 1. The van der Waals surface area contributed by atoms with E-state index in [0.717, 1.165) is 0 Å². The summed E-state index contributed by atoms with van der Waals surface area (Å²) in [4.78, 5) is 139. The first kappa shape index (κ1) is 64.4. The van der Waals surface area contributed by atoms with Gasteiger partial charge in [0.1, 0.15) is 48.0 Å². The fraction of sp³-hybridized carbons (Fsp3) is 0.558. The van der Waals surface area contributed by atoms with Crippen molar-refractivity contribution in [1.82, 2.24) is 47.4 Å². The van der Waals surface area contributed by atoms with Crippen LogP contribution in [-0.4, -0.2) is 166 Å². The Morgan fingerprint density at radius 3 is 1.81 bits per heavy atom. The lowest BCUT2D eigenvalue weighted by Crippen LogP contribution is -2.61. The van der Waals surface area contributed by atoms with E-state index in [1.54, 1.807) is 44.2 Å². The number of aliphatic hydroxyl groups is 1. The Bertz CT molecular complexity index is 2410. The number of aliphatic hydroxyl groups excluding tert-OH is 1. The summed E-state index contributed by atoms with van der Waals surface area (Å²) < 4.78 is 0. The van der Waals surface area contributed by atoms with Crippen LogP contribution in [0.15, 0.2) is 59.6 Å². The first-order valence-electron chi connectivity index (χ1n) is 26.1. The smallest absolute Gasteiger partial charge is 0.326 e. The number of guanidine groups is 1. The molecule has 1 fully saturated rings. The number of likely N-dealkylation sites (tertiary alicyclic amines) is 1. The summed E-state index contributed by atoms with van der Waals surface area (Å²) in [5.74, 6) is -9.31. The van der Waals surface area contributed by atoms with Crippen molar-refractivity contribution in [3.8, 4) is 5.75 Å². The van der Waals surface area contributed by atoms with Gasteiger partial charge < -0.3 is 80.0 Å². The van der Waals surface area contributed by atoms with Crippen LogP contribution in [0.5, 0.6) is 5.75 Å². The maximum Gasteiger partial charge on any atom is 0.326 e. The van der Waals surface area contributed by atoms with E-state index >= 15 is 0 Å². The molecule has 1 saturated heterocycles. The number of hydrogen-bond acceptors (Lipinski definition) is 14. The van der Waals surface area contributed by atoms with Crippen LogP contribution in [0.2, 0.25) is 0 Å². The highest BCUT2D eigenvalue weighted by molar-refractivity contribution is 5.98. The molecule has 78 heavy (non-hydrogen) atoms. The minimum absolute atomic E-state index is 0.0486. The third-order valence-electron chi connectivity index (χ3n) is 13.4. The summed E-state index contributed by atoms with van der Waals surface area (Å²) in [6, 6.07) is 3.75. The van der Waals surface area contributed by atoms with Gasteiger partial charge in [-0.15, -0.1) is 0 Å². The van der Waals surface area contributed by atoms with E-state index < -0.39 is 126 Å². The summed E-state index contributed by atoms with van der Waals surface area (Å²) >= 11 is 0. The summed E-state index contributed by atoms with van der Waals surface area (Å²) in [6.07, 6.45) is 0.0245. The molecule has 1 aliphatic heterocycles. The van der Waals surface area contributed by atoms with Gasteiger partial charge in [0.15, 0.2) is 5.96 Å². The molecule has 0 unspecified atom stereocenters. The number of aliphatic carboxylic acids is 1. The van der Waals surface area contributed by atoms with Crippen molar-refractivity contribution < 1.29 is 63.3 Å². The Hall–Kier alpha value is -7.87. The number of phenolic OH excluding ortho intramolecular Hbond substituents is 1. The van der Waals surface area contributed by atoms with Crippen LogP contribution in [0.3, 0.4) is 0 Å². The van der Waals surface area contributed by atoms with Gasteiger partial charge in [0.2, 0.25) is 53.2 Å². The molecule has 11 atom stereocenters. The van der Waals surface area contributed by atoms with Crippen LogP contribution in [0.1, 0.15) is 91.2 Å². The molecule has 3 rings (SSSR count). The minimum atomic E-state index is -1.68. The van der Waals surface area contributed by atoms with E-state index in [1.807, 2.05) is 13.8 Å². The van der Waals surface area contributed by atoms with Crippen molar-refractivity contribution in [2.24, 2.45) is 34.0 Å². The van der Waals surface area contributed by atoms with Crippen LogP contribution in [0.25, 0.3) is 0 Å². The first-order valence-corrected chi connectivity index (χ1v) is 26.1. The molecule has 2 aromatic rings. The van der Waals surface area contributed by atoms with Gasteiger partial charge >= 0.3 is 5.97 Å². The number of carbonyl (C=O) groups excluding carboxylic acids is 9. The van der Waals surface area contributed by atoms with E-state index in [0.29, 0.717) is 36.8 Å². The molecule has 430 valence electrons. The molecule has 9 amide bonds. The third kappa shape index (κ3) is 20.9. The molecule has 0 spiro atoms. The molecule has 1 aliphatic rings. The van der Waals surface area contributed by atoms with Crippen molar-refractivity contribution in [3.63, 3.8) is 0 Å². The van der Waals surface area contributed by atoms with E-state index in [1.165, 1.54) is 43.0 Å². The van der Waals surface area contributed by atoms with Gasteiger partial charge in [-0.05, 0) is 74.6 Å². The fourth-order valence-corrected chi connectivity index (χ4v) is 8.21. The molecule has 26 nitrogen and oxygen atoms in total. The number of phenols is 1. The number of nitrogens with zero attached hydrogens (tertiary/aromatic N) is 2. The van der Waals surface area contributed by atoms with E-state index in [9.17, 15) is 63.3 Å². The second kappa shape index (κ2) is 32.0. The summed E-state index contributed by atoms with van der Waals surface area (Å²) in [5, 5.41) is 50.5. The molecule has 1 heterocycles. The number of rotatable bonds is 31. The van der Waals surface area contributed by atoms with Gasteiger partial charge in [0, 0.05) is 25.9 Å². The van der Waals surface area contributed by atoms with Crippen LogP contribution in [-0.2, 0) is 60.8 Å². The lowest BCUT2D eigenvalue weighted by atomic mass is 9.98. The Morgan fingerprint density at radius 1 is 0.667 bits per heavy atom. The minimum Gasteiger partial charge on any atom is -0.508 e. The SMILES string of the molecule is CC[C@H](C)[C@H](N)C(=O)NCC(=O)N1CCC[C@H]1C(=O)NCC(=O)N[C@@H](CCCN=C(N)N)C(=O)N[C@@H](C)C(=O)N[C@@H](Cc1ccccc1)C(=O)N[C@@H](Cc1ccc(O)cc1)C(=O)N[C@H](C(=O)N[C@H](C(=O)O)[C@@H](C)CC)[C@@H](C)O. The van der Waals surface area contributed by atoms with Gasteiger partial charge in [-0.2, -0.15) is 0 Å². The van der Waals surface area contributed by atoms with Gasteiger partial charge in [0.05, 0.1) is 25.2 Å². The molecule has 0 radical (unpaired) electrons. The molecule has 2 aromatic carbocycles. The second-order valence-corrected chi connectivity index (χ2v) is 19.5. The Kier molecular flexibility index (Phi) is 26.4. The number of carboxylic acid groups (broad SMARTS) is 1. The van der Waals surface area contributed by atoms with Gasteiger partial charge in [0.25, 0.3) is 0 Å². The van der Waals surface area contributed by atoms with Crippen molar-refractivity contribution >= 4 is 65.1 Å². The maximum absolute atomic E-state index is 14.4. The number of hydrogen-bond donors (Lipinski definition) is 14. The van der Waals surface area contributed by atoms with E-state index in [4.69, 9.17) is 17.2 Å². The molecule has 0 saturated carbocycles. The lowest BCUT2D eigenvalue weighted by molar-refractivity contribution is -0.144. The normalized spacial score (nSPS) is 16.8. The zero-order valence-corrected chi connectivity index (χ0v) is 45.1. The highest BCUT2D eigenvalue weighted by Gasteiger charge is 2.37. The average Bonchev–Trinajstić information content (AvgIpc) is 3.92. The molecular weight excluding hydrogens is 1010 g/mol. The number of aliphatic imine (C=N–C) groups is 1. The van der Waals surface area contributed by atoms with Crippen LogP contribution in [0, 0.1) is 11.8 Å². The Labute approximate surface area is 453 Å². The van der Waals surface area contributed by atoms with Gasteiger partial charge in [-0.25, -0.2) is 4.79 Å². The van der Waals surface area contributed by atoms with Crippen molar-refractivity contribution in [1.29, 1.82) is 0 Å². The predicted molar refractivity (Wildman–Crippen MR) is 286 cm³/mol. The molecule has 17 N–H and O–H groups in total. The Morgan fingerprint density at radius 2 is 1.23 bits per heavy atom. The van der Waals surface area contributed by atoms with Gasteiger partial charge in [-0.3, -0.25) is 48.1 Å². The standard InChI is InChI=1S/C52H79N13O13/c1-7-28(3)41(53)49(75)58-27-40(69)65-23-13-17-38(65)48(74)57-26-39(68)60-35(16-12-22-56-52(54)55)45(71)59-30(5)44(70)61-36(24-32-14-10-9-11-15-32)46(72)62-37(25-33-18-20-34(67)21-19-33)47(73)64-43(31(6)66)50(76)63-42(51(77)78)29(4)8-2/h9-11,14-15,18-21,28-31,35-38,41-43,66-67H,7-8,12-13,16-17,22-27,53H2,1-6H3,(H,57,74)(H,58,75)(H,59,71)(H,60,68)(H,61,70)(H,62,72)(H,63,76)(H,64,73)(H,77,78)(H4,54,55,56)/t28-,29-,30-,31+,35-,36-,37-,38-,41-,42-,43-/m0/s1. The Balaban J connectivity index is 1.80. The van der Waals surface area contributed by atoms with Crippen molar-refractivity contribution in [2.45, 2.75) is 147 Å². The van der Waals surface area contributed by atoms with Gasteiger partial charge in [-0.1, -0.05) is 83.0 Å². The number of nitrogens with one attached hydrogen (secondary N) is 8. The highest BCUT2D eigenvalue weighted by Crippen LogP contribution is 2.18. The number of benzene rings is 2. The third-order valence-corrected chi connectivity index (χ3v) is 13.4. The average molecular weight is 1090 g/mol. The number of aromatic hydroxyl groups is 1. The van der Waals surface area contributed by atoms with Crippen molar-refractivity contribution in [2.75, 3.05) is 26.2 Å². The maximum atomic E-state index is 14.4. The zero-order chi connectivity index (χ0) is 58.2. The second-order valence-electron chi connectivity index (χ2n) is 19.5. The summed E-state index contributed by atoms with van der Waals surface area (Å²) in [7, 11) is 0. The monoisotopic (exact) mass is 1090 g/mol. The van der Waals surface area contributed by atoms with Crippen LogP contribution < -0.4 is 59.7 Å². The van der Waals surface area contributed by atoms with Crippen LogP contribution in [0.4, 0.5) is 0 Å². The molecule has 0 aromatic heterocycles. The largest absolute Gasteiger partial charge is 0.508 e. The number of carbonyl (C=O) groups is 10. The number of nitrogens with two attached hydrogens (primary N) is 3. The lowest BCUT2D eigenvalue weighted by Gasteiger charge is -2.28. The molecule has 0 bridgehead atoms. The van der Waals surface area contributed by atoms with Crippen molar-refractivity contribution in [3.05, 3.63) is 65.7 Å². The predicted octanol–water partition coefficient (Wildman–Crippen LogP) is -2.73. The molecule has 0 aliphatic carbocycles. The zero-order valence-electron chi connectivity index (χ0n) is 45.1. The van der Waals surface area contributed by atoms with E-state index in [2.05, 4.69) is 47.5 Å². The molecule has 26 heteroatoms. The summed E-state index contributed by atoms with van der Waals surface area (Å²) in [5.41, 5.74) is 17.9. The quantitative estimate of drug-likeness (QED) is 0.0207. The van der Waals surface area contributed by atoms with Crippen LogP contribution >= 0.6 is 0 Å². The summed E-state index contributed by atoms with van der Waals surface area (Å²) in [6.45, 7) is 8.87. The van der Waals surface area contributed by atoms with E-state index in [-0.39, 0.29) is 62.9 Å². The fourth-order valence-electron chi connectivity index (χ4n) is 8.21. The number of amides is 9. The molecular formula is C52H79N13O13. The highest BCUT2D eigenvalue weighted by atomic mass is 16.4. The first-order chi connectivity index (χ1) is 36.9. The topological polar surface area (TPSA) is 421 Å².